The number of aryl methyl sites for hydroxylation is 2. The Morgan fingerprint density at radius 1 is 1.22 bits per heavy atom. The van der Waals surface area contributed by atoms with Gasteiger partial charge in [0, 0.05) is 36.6 Å². The summed E-state index contributed by atoms with van der Waals surface area (Å²) < 4.78 is 1.76. The number of para-hydroxylation sites is 1. The first kappa shape index (κ1) is 17.0. The standard InChI is InChI=1S/C20H19N5O2/c1-13-17-18(24-23-13)15-7-2-3-8-16(15)25(20(17)27)11-5-10-22-19(26)14-6-4-9-21-12-14/h2-4,6-9,12H,5,10-11H2,1H3,(H,22,26)(H,23,24). The molecule has 1 aromatic carbocycles. The number of nitrogens with zero attached hydrogens (tertiary/aromatic N) is 3. The number of rotatable bonds is 5. The second kappa shape index (κ2) is 7.03. The molecule has 2 N–H and O–H groups in total. The molecule has 0 aliphatic carbocycles. The summed E-state index contributed by atoms with van der Waals surface area (Å²) in [5, 5.41) is 11.6. The van der Waals surface area contributed by atoms with Crippen LogP contribution in [-0.4, -0.2) is 32.2 Å². The minimum Gasteiger partial charge on any atom is -0.352 e. The monoisotopic (exact) mass is 361 g/mol. The van der Waals surface area contributed by atoms with Gasteiger partial charge in [-0.2, -0.15) is 5.10 Å². The molecular weight excluding hydrogens is 342 g/mol. The van der Waals surface area contributed by atoms with E-state index in [-0.39, 0.29) is 11.5 Å². The molecule has 0 unspecified atom stereocenters. The van der Waals surface area contributed by atoms with E-state index in [9.17, 15) is 9.59 Å². The molecule has 3 aromatic heterocycles. The number of nitrogens with one attached hydrogen (secondary N) is 2. The van der Waals surface area contributed by atoms with E-state index in [2.05, 4.69) is 20.5 Å². The maximum Gasteiger partial charge on any atom is 0.262 e. The Balaban J connectivity index is 1.56. The molecule has 0 radical (unpaired) electrons. The topological polar surface area (TPSA) is 92.7 Å². The van der Waals surface area contributed by atoms with Gasteiger partial charge >= 0.3 is 0 Å². The third-order valence-corrected chi connectivity index (χ3v) is 4.62. The fourth-order valence-corrected chi connectivity index (χ4v) is 3.30. The van der Waals surface area contributed by atoms with Gasteiger partial charge in [-0.05, 0) is 31.5 Å². The summed E-state index contributed by atoms with van der Waals surface area (Å²) in [4.78, 5) is 29.0. The van der Waals surface area contributed by atoms with E-state index in [1.165, 1.54) is 6.20 Å². The van der Waals surface area contributed by atoms with E-state index >= 15 is 0 Å². The van der Waals surface area contributed by atoms with Crippen molar-refractivity contribution in [1.29, 1.82) is 0 Å². The fraction of sp³-hybridized carbons (Fsp3) is 0.200. The van der Waals surface area contributed by atoms with Crippen molar-refractivity contribution in [2.24, 2.45) is 0 Å². The zero-order chi connectivity index (χ0) is 18.8. The van der Waals surface area contributed by atoms with Crippen LogP contribution in [-0.2, 0) is 6.54 Å². The lowest BCUT2D eigenvalue weighted by molar-refractivity contribution is 0.0952. The highest BCUT2D eigenvalue weighted by molar-refractivity contribution is 6.03. The maximum atomic E-state index is 13.0. The number of benzene rings is 1. The van der Waals surface area contributed by atoms with E-state index in [1.54, 1.807) is 22.9 Å². The number of amides is 1. The van der Waals surface area contributed by atoms with Crippen molar-refractivity contribution < 1.29 is 4.79 Å². The first-order valence-corrected chi connectivity index (χ1v) is 8.81. The number of carbonyl (C=O) groups excluding carboxylic acids is 1. The molecular formula is C20H19N5O2. The van der Waals surface area contributed by atoms with Crippen molar-refractivity contribution in [2.45, 2.75) is 19.9 Å². The number of hydrogen-bond acceptors (Lipinski definition) is 4. The zero-order valence-electron chi connectivity index (χ0n) is 14.9. The van der Waals surface area contributed by atoms with Gasteiger partial charge in [-0.1, -0.05) is 18.2 Å². The lowest BCUT2D eigenvalue weighted by Crippen LogP contribution is -2.27. The second-order valence-corrected chi connectivity index (χ2v) is 6.40. The highest BCUT2D eigenvalue weighted by Crippen LogP contribution is 2.22. The van der Waals surface area contributed by atoms with Crippen LogP contribution in [0.5, 0.6) is 0 Å². The quantitative estimate of drug-likeness (QED) is 0.534. The Morgan fingerprint density at radius 2 is 2.07 bits per heavy atom. The first-order valence-electron chi connectivity index (χ1n) is 8.81. The predicted octanol–water partition coefficient (Wildman–Crippen LogP) is 2.40. The van der Waals surface area contributed by atoms with Gasteiger partial charge in [0.15, 0.2) is 0 Å². The average molecular weight is 361 g/mol. The number of carbonyl (C=O) groups is 1. The van der Waals surface area contributed by atoms with Gasteiger partial charge in [0.2, 0.25) is 0 Å². The SMILES string of the molecule is Cc1[nH]nc2c1c(=O)n(CCCNC(=O)c1cccnc1)c1ccccc21. The van der Waals surface area contributed by atoms with Crippen LogP contribution in [0.4, 0.5) is 0 Å². The van der Waals surface area contributed by atoms with E-state index in [4.69, 9.17) is 0 Å². The second-order valence-electron chi connectivity index (χ2n) is 6.40. The van der Waals surface area contributed by atoms with Crippen LogP contribution >= 0.6 is 0 Å². The van der Waals surface area contributed by atoms with Crippen molar-refractivity contribution in [1.82, 2.24) is 25.1 Å². The predicted molar refractivity (Wildman–Crippen MR) is 104 cm³/mol. The molecule has 0 bridgehead atoms. The Kier molecular flexibility index (Phi) is 4.42. The molecule has 4 aromatic rings. The number of hydrogen-bond donors (Lipinski definition) is 2. The van der Waals surface area contributed by atoms with Crippen molar-refractivity contribution in [3.63, 3.8) is 0 Å². The summed E-state index contributed by atoms with van der Waals surface area (Å²) in [6.45, 7) is 2.83. The Morgan fingerprint density at radius 3 is 2.89 bits per heavy atom. The summed E-state index contributed by atoms with van der Waals surface area (Å²) in [5.41, 5.74) is 2.78. The lowest BCUT2D eigenvalue weighted by atomic mass is 10.1. The molecule has 0 spiro atoms. The van der Waals surface area contributed by atoms with Gasteiger partial charge in [0.1, 0.15) is 5.52 Å². The van der Waals surface area contributed by atoms with Crippen molar-refractivity contribution >= 4 is 27.7 Å². The van der Waals surface area contributed by atoms with Crippen molar-refractivity contribution in [2.75, 3.05) is 6.54 Å². The molecule has 0 atom stereocenters. The van der Waals surface area contributed by atoms with E-state index in [1.807, 2.05) is 31.2 Å². The molecule has 3 heterocycles. The molecule has 7 nitrogen and oxygen atoms in total. The minimum absolute atomic E-state index is 0.0615. The number of H-pyrrole nitrogens is 1. The molecule has 27 heavy (non-hydrogen) atoms. The molecule has 0 aliphatic rings. The Hall–Kier alpha value is -3.48. The molecule has 0 fully saturated rings. The van der Waals surface area contributed by atoms with Gasteiger partial charge in [-0.25, -0.2) is 0 Å². The van der Waals surface area contributed by atoms with Crippen LogP contribution in [0.2, 0.25) is 0 Å². The van der Waals surface area contributed by atoms with Gasteiger partial charge in [-0.15, -0.1) is 0 Å². The Bertz CT molecular complexity index is 1180. The third-order valence-electron chi connectivity index (χ3n) is 4.62. The molecule has 0 aliphatic heterocycles. The van der Waals surface area contributed by atoms with Crippen LogP contribution in [0.25, 0.3) is 21.8 Å². The number of fused-ring (bicyclic) bond motifs is 3. The molecule has 136 valence electrons. The molecule has 0 saturated carbocycles. The third kappa shape index (κ3) is 3.08. The summed E-state index contributed by atoms with van der Waals surface area (Å²) in [6.07, 6.45) is 3.80. The maximum absolute atomic E-state index is 13.0. The Labute approximate surface area is 155 Å². The highest BCUT2D eigenvalue weighted by atomic mass is 16.1. The summed E-state index contributed by atoms with van der Waals surface area (Å²) >= 11 is 0. The normalized spacial score (nSPS) is 11.1. The van der Waals surface area contributed by atoms with Crippen molar-refractivity contribution in [3.8, 4) is 0 Å². The van der Waals surface area contributed by atoms with Crippen molar-refractivity contribution in [3.05, 3.63) is 70.4 Å². The fourth-order valence-electron chi connectivity index (χ4n) is 3.30. The van der Waals surface area contributed by atoms with E-state index in [0.717, 1.165) is 16.6 Å². The van der Waals surface area contributed by atoms with Gasteiger partial charge in [0.25, 0.3) is 11.5 Å². The average Bonchev–Trinajstić information content (AvgIpc) is 3.10. The van der Waals surface area contributed by atoms with Crippen LogP contribution < -0.4 is 10.9 Å². The molecule has 7 heteroatoms. The van der Waals surface area contributed by atoms with Crippen LogP contribution in [0.3, 0.4) is 0 Å². The van der Waals surface area contributed by atoms with Crippen LogP contribution in [0.1, 0.15) is 22.5 Å². The number of pyridine rings is 2. The first-order chi connectivity index (χ1) is 13.2. The minimum atomic E-state index is -0.165. The summed E-state index contributed by atoms with van der Waals surface area (Å²) in [7, 11) is 0. The van der Waals surface area contributed by atoms with Gasteiger partial charge in [0.05, 0.1) is 16.5 Å². The lowest BCUT2D eigenvalue weighted by Gasteiger charge is -2.11. The van der Waals surface area contributed by atoms with Gasteiger partial charge < -0.3 is 9.88 Å². The van der Waals surface area contributed by atoms with Crippen LogP contribution in [0, 0.1) is 6.92 Å². The largest absolute Gasteiger partial charge is 0.352 e. The molecule has 1 amide bonds. The van der Waals surface area contributed by atoms with E-state index < -0.39 is 0 Å². The molecule has 0 saturated heterocycles. The zero-order valence-corrected chi connectivity index (χ0v) is 14.9. The number of aromatic nitrogens is 4. The highest BCUT2D eigenvalue weighted by Gasteiger charge is 2.14. The smallest absolute Gasteiger partial charge is 0.262 e. The van der Waals surface area contributed by atoms with Gasteiger partial charge in [-0.3, -0.25) is 19.7 Å². The van der Waals surface area contributed by atoms with Crippen LogP contribution in [0.15, 0.2) is 53.6 Å². The summed E-state index contributed by atoms with van der Waals surface area (Å²) in [5.74, 6) is -0.165. The summed E-state index contributed by atoms with van der Waals surface area (Å²) in [6, 6.07) is 11.2. The van der Waals surface area contributed by atoms with E-state index in [0.29, 0.717) is 36.0 Å². The molecule has 4 rings (SSSR count). The number of aromatic amines is 1.